The summed E-state index contributed by atoms with van der Waals surface area (Å²) in [6, 6.07) is 7.20. The number of ether oxygens (including phenoxy) is 1. The summed E-state index contributed by atoms with van der Waals surface area (Å²) < 4.78 is 5.42. The van der Waals surface area contributed by atoms with Crippen LogP contribution in [0.3, 0.4) is 0 Å². The van der Waals surface area contributed by atoms with Crippen LogP contribution in [-0.2, 0) is 9.53 Å². The zero-order valence-corrected chi connectivity index (χ0v) is 13.3. The van der Waals surface area contributed by atoms with E-state index in [1.165, 1.54) is 0 Å². The second-order valence-electron chi connectivity index (χ2n) is 5.72. The molecule has 1 saturated heterocycles. The van der Waals surface area contributed by atoms with Crippen molar-refractivity contribution in [2.24, 2.45) is 0 Å². The molecule has 0 spiro atoms. The van der Waals surface area contributed by atoms with E-state index in [9.17, 15) is 9.59 Å². The second-order valence-corrected chi connectivity index (χ2v) is 5.72. The lowest BCUT2D eigenvalue weighted by molar-refractivity contribution is -0.117. The highest BCUT2D eigenvalue weighted by Gasteiger charge is 2.21. The lowest BCUT2D eigenvalue weighted by atomic mass is 10.2. The number of anilines is 1. The van der Waals surface area contributed by atoms with Crippen LogP contribution in [0.15, 0.2) is 24.3 Å². The molecule has 1 aliphatic heterocycles. The van der Waals surface area contributed by atoms with Gasteiger partial charge in [-0.2, -0.15) is 0 Å². The summed E-state index contributed by atoms with van der Waals surface area (Å²) in [5, 5.41) is 2.87. The van der Waals surface area contributed by atoms with E-state index in [0.29, 0.717) is 25.1 Å². The summed E-state index contributed by atoms with van der Waals surface area (Å²) in [6.07, 6.45) is 2.53. The smallest absolute Gasteiger partial charge is 0.251 e. The second kappa shape index (κ2) is 7.94. The fraction of sp³-hybridized carbons (Fsp3) is 0.529. The molecule has 0 aromatic heterocycles. The molecule has 1 aliphatic rings. The van der Waals surface area contributed by atoms with Gasteiger partial charge in [0, 0.05) is 37.4 Å². The zero-order valence-electron chi connectivity index (χ0n) is 13.3. The number of nitrogens with one attached hydrogen (secondary N) is 1. The molecule has 5 heteroatoms. The molecular weight excluding hydrogens is 280 g/mol. The summed E-state index contributed by atoms with van der Waals surface area (Å²) in [5.74, 6) is 0.0613. The van der Waals surface area contributed by atoms with Gasteiger partial charge in [0.25, 0.3) is 5.91 Å². The van der Waals surface area contributed by atoms with Crippen molar-refractivity contribution in [1.82, 2.24) is 5.32 Å². The van der Waals surface area contributed by atoms with Crippen LogP contribution in [0.2, 0.25) is 0 Å². The van der Waals surface area contributed by atoms with Crippen molar-refractivity contribution in [3.8, 4) is 0 Å². The lowest BCUT2D eigenvalue weighted by Crippen LogP contribution is -2.26. The molecule has 0 aliphatic carbocycles. The summed E-state index contributed by atoms with van der Waals surface area (Å²) in [5.41, 5.74) is 1.48. The van der Waals surface area contributed by atoms with Crippen molar-refractivity contribution >= 4 is 17.5 Å². The molecule has 1 fully saturated rings. The molecule has 0 unspecified atom stereocenters. The number of hydrogen-bond donors (Lipinski definition) is 1. The number of benzene rings is 1. The Kier molecular flexibility index (Phi) is 5.95. The highest BCUT2D eigenvalue weighted by molar-refractivity contribution is 5.97. The first kappa shape index (κ1) is 16.5. The lowest BCUT2D eigenvalue weighted by Gasteiger charge is -2.15. The van der Waals surface area contributed by atoms with Gasteiger partial charge in [0.1, 0.15) is 0 Å². The van der Waals surface area contributed by atoms with E-state index in [1.807, 2.05) is 26.0 Å². The van der Waals surface area contributed by atoms with Crippen molar-refractivity contribution in [2.45, 2.75) is 39.2 Å². The van der Waals surface area contributed by atoms with Gasteiger partial charge in [-0.15, -0.1) is 0 Å². The van der Waals surface area contributed by atoms with Gasteiger partial charge in [0.15, 0.2) is 0 Å². The minimum atomic E-state index is -0.0937. The molecule has 2 rings (SSSR count). The SMILES string of the molecule is CC(C)OCCCNC(=O)c1ccc(N2CCCC2=O)cc1. The third-order valence-electron chi connectivity index (χ3n) is 3.57. The predicted octanol–water partition coefficient (Wildman–Crippen LogP) is 2.36. The van der Waals surface area contributed by atoms with Gasteiger partial charge in [-0.05, 0) is 51.0 Å². The molecule has 120 valence electrons. The highest BCUT2D eigenvalue weighted by atomic mass is 16.5. The van der Waals surface area contributed by atoms with Crippen LogP contribution in [0.1, 0.15) is 43.5 Å². The van der Waals surface area contributed by atoms with Crippen LogP contribution in [0, 0.1) is 0 Å². The molecule has 0 atom stereocenters. The maximum absolute atomic E-state index is 12.0. The van der Waals surface area contributed by atoms with Crippen molar-refractivity contribution in [1.29, 1.82) is 0 Å². The topological polar surface area (TPSA) is 58.6 Å². The maximum atomic E-state index is 12.0. The number of nitrogens with zero attached hydrogens (tertiary/aromatic N) is 1. The molecule has 1 heterocycles. The highest BCUT2D eigenvalue weighted by Crippen LogP contribution is 2.21. The molecule has 2 amide bonds. The fourth-order valence-corrected chi connectivity index (χ4v) is 2.41. The molecule has 1 aromatic rings. The summed E-state index contributed by atoms with van der Waals surface area (Å²) >= 11 is 0. The molecule has 0 radical (unpaired) electrons. The quantitative estimate of drug-likeness (QED) is 0.787. The Labute approximate surface area is 131 Å². The predicted molar refractivity (Wildman–Crippen MR) is 86.1 cm³/mol. The summed E-state index contributed by atoms with van der Waals surface area (Å²) in [4.78, 5) is 25.5. The van der Waals surface area contributed by atoms with E-state index in [0.717, 1.165) is 25.1 Å². The number of carbonyl (C=O) groups is 2. The van der Waals surface area contributed by atoms with Crippen LogP contribution in [0.5, 0.6) is 0 Å². The van der Waals surface area contributed by atoms with Gasteiger partial charge in [-0.25, -0.2) is 0 Å². The fourth-order valence-electron chi connectivity index (χ4n) is 2.41. The van der Waals surface area contributed by atoms with Crippen LogP contribution in [0.25, 0.3) is 0 Å². The van der Waals surface area contributed by atoms with Crippen molar-refractivity contribution in [3.63, 3.8) is 0 Å². The number of amides is 2. The first-order chi connectivity index (χ1) is 10.6. The third-order valence-corrected chi connectivity index (χ3v) is 3.57. The molecule has 22 heavy (non-hydrogen) atoms. The van der Waals surface area contributed by atoms with E-state index in [-0.39, 0.29) is 17.9 Å². The van der Waals surface area contributed by atoms with Crippen molar-refractivity contribution in [3.05, 3.63) is 29.8 Å². The minimum absolute atomic E-state index is 0.0937. The molecule has 0 saturated carbocycles. The van der Waals surface area contributed by atoms with Crippen LogP contribution < -0.4 is 10.2 Å². The average Bonchev–Trinajstić information content (AvgIpc) is 2.92. The van der Waals surface area contributed by atoms with E-state index >= 15 is 0 Å². The minimum Gasteiger partial charge on any atom is -0.379 e. The van der Waals surface area contributed by atoms with E-state index in [1.54, 1.807) is 17.0 Å². The van der Waals surface area contributed by atoms with Crippen molar-refractivity contribution in [2.75, 3.05) is 24.6 Å². The monoisotopic (exact) mass is 304 g/mol. The molecule has 1 aromatic carbocycles. The first-order valence-electron chi connectivity index (χ1n) is 7.88. The Morgan fingerprint density at radius 2 is 2.05 bits per heavy atom. The van der Waals surface area contributed by atoms with Crippen molar-refractivity contribution < 1.29 is 14.3 Å². The Balaban J connectivity index is 1.80. The van der Waals surface area contributed by atoms with E-state index in [2.05, 4.69) is 5.32 Å². The maximum Gasteiger partial charge on any atom is 0.251 e. The number of carbonyl (C=O) groups excluding carboxylic acids is 2. The molecular formula is C17H24N2O3. The van der Waals surface area contributed by atoms with Gasteiger partial charge in [-0.3, -0.25) is 9.59 Å². The van der Waals surface area contributed by atoms with Crippen LogP contribution in [0.4, 0.5) is 5.69 Å². The zero-order chi connectivity index (χ0) is 15.9. The van der Waals surface area contributed by atoms with Gasteiger partial charge in [0.05, 0.1) is 6.10 Å². The van der Waals surface area contributed by atoms with Gasteiger partial charge in [0.2, 0.25) is 5.91 Å². The average molecular weight is 304 g/mol. The standard InChI is InChI=1S/C17H24N2O3/c1-13(2)22-12-4-10-18-17(21)14-6-8-15(9-7-14)19-11-3-5-16(19)20/h6-9,13H,3-5,10-12H2,1-2H3,(H,18,21). The van der Waals surface area contributed by atoms with Gasteiger partial charge < -0.3 is 15.0 Å². The molecule has 1 N–H and O–H groups in total. The summed E-state index contributed by atoms with van der Waals surface area (Å²) in [6.45, 7) is 5.99. The normalized spacial score (nSPS) is 14.7. The van der Waals surface area contributed by atoms with Crippen LogP contribution in [-0.4, -0.2) is 37.6 Å². The Morgan fingerprint density at radius 1 is 1.32 bits per heavy atom. The van der Waals surface area contributed by atoms with Gasteiger partial charge >= 0.3 is 0 Å². The van der Waals surface area contributed by atoms with E-state index in [4.69, 9.17) is 4.74 Å². The Hall–Kier alpha value is -1.88. The van der Waals surface area contributed by atoms with Crippen LogP contribution >= 0.6 is 0 Å². The Morgan fingerprint density at radius 3 is 2.64 bits per heavy atom. The number of hydrogen-bond acceptors (Lipinski definition) is 3. The first-order valence-corrected chi connectivity index (χ1v) is 7.88. The number of rotatable bonds is 7. The van der Waals surface area contributed by atoms with Gasteiger partial charge in [-0.1, -0.05) is 0 Å². The summed E-state index contributed by atoms with van der Waals surface area (Å²) in [7, 11) is 0. The Bertz CT molecular complexity index is 511. The molecule has 0 bridgehead atoms. The molecule has 5 nitrogen and oxygen atoms in total. The van der Waals surface area contributed by atoms with E-state index < -0.39 is 0 Å². The third kappa shape index (κ3) is 4.56. The largest absolute Gasteiger partial charge is 0.379 e.